The van der Waals surface area contributed by atoms with Crippen molar-refractivity contribution in [3.63, 3.8) is 0 Å². The fourth-order valence-electron chi connectivity index (χ4n) is 3.25. The minimum absolute atomic E-state index is 0.188. The molecule has 3 rings (SSSR count). The molecule has 0 aliphatic carbocycles. The molecule has 0 fully saturated rings. The van der Waals surface area contributed by atoms with Crippen LogP contribution in [0.2, 0.25) is 0 Å². The third kappa shape index (κ3) is 7.91. The van der Waals surface area contributed by atoms with E-state index < -0.39 is 12.1 Å². The molecular weight excluding hydrogens is 450 g/mol. The first-order chi connectivity index (χ1) is 16.9. The number of anilines is 1. The number of para-hydroxylation sites is 2. The second kappa shape index (κ2) is 12.6. The number of hydrogen-bond acceptors (Lipinski definition) is 8. The average molecular weight is 484 g/mol. The molecule has 1 amide bonds. The number of oxazole rings is 1. The summed E-state index contributed by atoms with van der Waals surface area (Å²) in [5.41, 5.74) is 2.35. The number of nitrogens with zero attached hydrogens (tertiary/aromatic N) is 3. The van der Waals surface area contributed by atoms with Crippen LogP contribution in [0.5, 0.6) is 5.75 Å². The number of rotatable bonds is 12. The molecule has 0 radical (unpaired) electrons. The van der Waals surface area contributed by atoms with E-state index in [1.54, 1.807) is 6.92 Å². The van der Waals surface area contributed by atoms with Crippen molar-refractivity contribution in [3.8, 4) is 5.75 Å². The number of hydrogen-bond donors (Lipinski definition) is 0. The first-order valence-corrected chi connectivity index (χ1v) is 11.7. The lowest BCUT2D eigenvalue weighted by Crippen LogP contribution is -2.37. The summed E-state index contributed by atoms with van der Waals surface area (Å²) in [6.07, 6.45) is -0.557. The van der Waals surface area contributed by atoms with E-state index in [-0.39, 0.29) is 32.2 Å². The van der Waals surface area contributed by atoms with E-state index in [4.69, 9.17) is 18.6 Å². The molecule has 0 unspecified atom stereocenters. The molecule has 0 saturated heterocycles. The molecule has 35 heavy (non-hydrogen) atoms. The van der Waals surface area contributed by atoms with E-state index >= 15 is 0 Å². The Labute approximate surface area is 205 Å². The lowest BCUT2D eigenvalue weighted by atomic mass is 10.2. The first kappa shape index (κ1) is 25.9. The standard InChI is InChI=1S/C26H33N3O6/c1-5-32-24(30)17-29(26(31)34-18-19(2)3)16-20-9-8-10-21(15-20)33-14-13-28(4)25-27-22-11-6-7-12-23(22)35-25/h6-12,15,19H,5,13-14,16-18H2,1-4H3. The number of carbonyl (C=O) groups is 2. The van der Waals surface area contributed by atoms with Crippen LogP contribution in [0.1, 0.15) is 26.3 Å². The predicted molar refractivity (Wildman–Crippen MR) is 132 cm³/mol. The van der Waals surface area contributed by atoms with Crippen LogP contribution in [-0.2, 0) is 20.8 Å². The number of esters is 1. The van der Waals surface area contributed by atoms with E-state index in [0.29, 0.717) is 24.9 Å². The summed E-state index contributed by atoms with van der Waals surface area (Å²) in [5, 5.41) is 0. The topological polar surface area (TPSA) is 94.3 Å². The van der Waals surface area contributed by atoms with Crippen molar-refractivity contribution >= 4 is 29.2 Å². The molecule has 1 aromatic heterocycles. The van der Waals surface area contributed by atoms with Gasteiger partial charge in [0.2, 0.25) is 0 Å². The zero-order chi connectivity index (χ0) is 25.2. The number of fused-ring (bicyclic) bond motifs is 1. The molecule has 9 nitrogen and oxygen atoms in total. The number of carbonyl (C=O) groups excluding carboxylic acids is 2. The normalized spacial score (nSPS) is 10.9. The maximum Gasteiger partial charge on any atom is 0.410 e. The number of likely N-dealkylation sites (N-methyl/N-ethyl adjacent to an activating group) is 1. The van der Waals surface area contributed by atoms with Gasteiger partial charge in [-0.3, -0.25) is 9.69 Å². The van der Waals surface area contributed by atoms with Gasteiger partial charge in [0.05, 0.1) is 19.8 Å². The van der Waals surface area contributed by atoms with Crippen LogP contribution in [-0.4, -0.2) is 61.9 Å². The van der Waals surface area contributed by atoms with E-state index in [1.807, 2.05) is 74.3 Å². The molecule has 0 bridgehead atoms. The highest BCUT2D eigenvalue weighted by Gasteiger charge is 2.20. The van der Waals surface area contributed by atoms with Gasteiger partial charge in [-0.15, -0.1) is 0 Å². The Hall–Kier alpha value is -3.75. The molecule has 1 heterocycles. The minimum Gasteiger partial charge on any atom is -0.492 e. The number of aromatic nitrogens is 1. The number of benzene rings is 2. The Morgan fingerprint density at radius 2 is 1.89 bits per heavy atom. The highest BCUT2D eigenvalue weighted by molar-refractivity contribution is 5.78. The summed E-state index contributed by atoms with van der Waals surface area (Å²) in [4.78, 5) is 32.3. The highest BCUT2D eigenvalue weighted by Crippen LogP contribution is 2.21. The summed E-state index contributed by atoms with van der Waals surface area (Å²) in [7, 11) is 1.89. The smallest absolute Gasteiger partial charge is 0.410 e. The molecule has 0 aliphatic heterocycles. The van der Waals surface area contributed by atoms with Gasteiger partial charge in [-0.2, -0.15) is 4.98 Å². The van der Waals surface area contributed by atoms with Gasteiger partial charge in [0.15, 0.2) is 5.58 Å². The van der Waals surface area contributed by atoms with Crippen LogP contribution in [0.3, 0.4) is 0 Å². The van der Waals surface area contributed by atoms with Crippen molar-refractivity contribution < 1.29 is 28.2 Å². The maximum atomic E-state index is 12.6. The first-order valence-electron chi connectivity index (χ1n) is 11.7. The zero-order valence-corrected chi connectivity index (χ0v) is 20.7. The SMILES string of the molecule is CCOC(=O)CN(Cc1cccc(OCCN(C)c2nc3ccccc3o2)c1)C(=O)OCC(C)C. The lowest BCUT2D eigenvalue weighted by Gasteiger charge is -2.22. The van der Waals surface area contributed by atoms with Crippen molar-refractivity contribution in [1.29, 1.82) is 0 Å². The number of ether oxygens (including phenoxy) is 3. The van der Waals surface area contributed by atoms with Gasteiger partial charge in [-0.1, -0.05) is 38.1 Å². The second-order valence-electron chi connectivity index (χ2n) is 8.51. The second-order valence-corrected chi connectivity index (χ2v) is 8.51. The van der Waals surface area contributed by atoms with E-state index in [9.17, 15) is 9.59 Å². The Balaban J connectivity index is 1.58. The van der Waals surface area contributed by atoms with Gasteiger partial charge in [0.25, 0.3) is 6.01 Å². The minimum atomic E-state index is -0.557. The van der Waals surface area contributed by atoms with Crippen LogP contribution in [0, 0.1) is 5.92 Å². The lowest BCUT2D eigenvalue weighted by molar-refractivity contribution is -0.144. The van der Waals surface area contributed by atoms with Crippen molar-refractivity contribution in [2.24, 2.45) is 5.92 Å². The van der Waals surface area contributed by atoms with Crippen LogP contribution in [0.15, 0.2) is 52.9 Å². The Morgan fingerprint density at radius 3 is 2.63 bits per heavy atom. The van der Waals surface area contributed by atoms with Crippen molar-refractivity contribution in [2.45, 2.75) is 27.3 Å². The van der Waals surface area contributed by atoms with Gasteiger partial charge in [-0.05, 0) is 42.7 Å². The fourth-order valence-corrected chi connectivity index (χ4v) is 3.25. The highest BCUT2D eigenvalue weighted by atomic mass is 16.6. The molecule has 188 valence electrons. The largest absolute Gasteiger partial charge is 0.492 e. The monoisotopic (exact) mass is 483 g/mol. The molecule has 0 saturated carbocycles. The van der Waals surface area contributed by atoms with Crippen molar-refractivity contribution in [3.05, 3.63) is 54.1 Å². The molecule has 0 aliphatic rings. The zero-order valence-electron chi connectivity index (χ0n) is 20.7. The summed E-state index contributed by atoms with van der Waals surface area (Å²) >= 11 is 0. The molecule has 2 aromatic carbocycles. The molecular formula is C26H33N3O6. The molecule has 0 spiro atoms. The summed E-state index contributed by atoms with van der Waals surface area (Å²) < 4.78 is 22.0. The van der Waals surface area contributed by atoms with Crippen LogP contribution < -0.4 is 9.64 Å². The van der Waals surface area contributed by atoms with E-state index in [0.717, 1.165) is 16.7 Å². The summed E-state index contributed by atoms with van der Waals surface area (Å²) in [5.74, 6) is 0.358. The van der Waals surface area contributed by atoms with Crippen LogP contribution in [0.4, 0.5) is 10.8 Å². The number of amides is 1. The average Bonchev–Trinajstić information content (AvgIpc) is 3.27. The molecule has 3 aromatic rings. The quantitative estimate of drug-likeness (QED) is 0.348. The van der Waals surface area contributed by atoms with Crippen molar-refractivity contribution in [1.82, 2.24) is 9.88 Å². The van der Waals surface area contributed by atoms with Gasteiger partial charge in [-0.25, -0.2) is 4.79 Å². The fraction of sp³-hybridized carbons (Fsp3) is 0.423. The van der Waals surface area contributed by atoms with Crippen LogP contribution in [0.25, 0.3) is 11.1 Å². The molecule has 9 heteroatoms. The van der Waals surface area contributed by atoms with Crippen molar-refractivity contribution in [2.75, 3.05) is 44.9 Å². The molecule has 0 N–H and O–H groups in total. The Bertz CT molecular complexity index is 1080. The van der Waals surface area contributed by atoms with Gasteiger partial charge in [0.1, 0.15) is 24.4 Å². The molecule has 0 atom stereocenters. The van der Waals surface area contributed by atoms with Gasteiger partial charge >= 0.3 is 12.1 Å². The van der Waals surface area contributed by atoms with E-state index in [2.05, 4.69) is 4.98 Å². The van der Waals surface area contributed by atoms with Gasteiger partial charge < -0.3 is 23.5 Å². The Kier molecular flexibility index (Phi) is 9.34. The maximum absolute atomic E-state index is 12.6. The summed E-state index contributed by atoms with van der Waals surface area (Å²) in [6, 6.07) is 15.5. The third-order valence-corrected chi connectivity index (χ3v) is 5.00. The third-order valence-electron chi connectivity index (χ3n) is 5.00. The summed E-state index contributed by atoms with van der Waals surface area (Å²) in [6.45, 7) is 7.11. The Morgan fingerprint density at radius 1 is 1.09 bits per heavy atom. The van der Waals surface area contributed by atoms with E-state index in [1.165, 1.54) is 4.90 Å². The van der Waals surface area contributed by atoms with Gasteiger partial charge in [0, 0.05) is 13.6 Å². The predicted octanol–water partition coefficient (Wildman–Crippen LogP) is 4.50. The van der Waals surface area contributed by atoms with Crippen LogP contribution >= 0.6 is 0 Å².